The fourth-order valence-corrected chi connectivity index (χ4v) is 2.44. The molecule has 0 aliphatic carbocycles. The lowest BCUT2D eigenvalue weighted by Gasteiger charge is -2.12. The van der Waals surface area contributed by atoms with Gasteiger partial charge in [-0.25, -0.2) is 4.39 Å². The van der Waals surface area contributed by atoms with E-state index in [0.717, 1.165) is 16.5 Å². The van der Waals surface area contributed by atoms with Crippen molar-refractivity contribution >= 4 is 15.9 Å². The van der Waals surface area contributed by atoms with E-state index in [-0.39, 0.29) is 5.82 Å². The third-order valence-electron chi connectivity index (χ3n) is 3.07. The van der Waals surface area contributed by atoms with Crippen molar-refractivity contribution in [3.05, 3.63) is 69.9 Å². The fourth-order valence-electron chi connectivity index (χ4n) is 2.03. The Balaban J connectivity index is 1.90. The zero-order valence-corrected chi connectivity index (χ0v) is 12.1. The number of aliphatic hydroxyl groups is 1. The molecule has 1 atom stereocenters. The van der Waals surface area contributed by atoms with Crippen molar-refractivity contribution in [2.75, 3.05) is 0 Å². The molecular formula is C16H16BrFO. The largest absolute Gasteiger partial charge is 0.393 e. The second-order valence-corrected chi connectivity index (χ2v) is 5.47. The molecule has 0 fully saturated rings. The van der Waals surface area contributed by atoms with Crippen LogP contribution in [0.25, 0.3) is 0 Å². The predicted molar refractivity (Wildman–Crippen MR) is 78.6 cm³/mol. The smallest absolute Gasteiger partial charge is 0.123 e. The van der Waals surface area contributed by atoms with E-state index in [4.69, 9.17) is 0 Å². The van der Waals surface area contributed by atoms with Crippen molar-refractivity contribution in [1.82, 2.24) is 0 Å². The lowest BCUT2D eigenvalue weighted by Crippen LogP contribution is -2.12. The maximum Gasteiger partial charge on any atom is 0.123 e. The molecule has 0 aliphatic rings. The zero-order valence-electron chi connectivity index (χ0n) is 10.5. The van der Waals surface area contributed by atoms with E-state index in [1.54, 1.807) is 6.07 Å². The van der Waals surface area contributed by atoms with Crippen LogP contribution >= 0.6 is 15.9 Å². The van der Waals surface area contributed by atoms with Crippen molar-refractivity contribution in [2.45, 2.75) is 25.4 Å². The summed E-state index contributed by atoms with van der Waals surface area (Å²) >= 11 is 3.38. The number of hydrogen-bond donors (Lipinski definition) is 1. The summed E-state index contributed by atoms with van der Waals surface area (Å²) in [6.45, 7) is 0. The molecule has 0 aliphatic heterocycles. The molecule has 3 heteroatoms. The molecule has 0 bridgehead atoms. The first-order chi connectivity index (χ1) is 9.15. The predicted octanol–water partition coefficient (Wildman–Crippen LogP) is 4.12. The van der Waals surface area contributed by atoms with Gasteiger partial charge in [0.15, 0.2) is 0 Å². The molecule has 100 valence electrons. The molecule has 0 aromatic heterocycles. The minimum Gasteiger partial charge on any atom is -0.393 e. The molecule has 2 aromatic carbocycles. The van der Waals surface area contributed by atoms with Crippen LogP contribution in [0.4, 0.5) is 4.39 Å². The van der Waals surface area contributed by atoms with E-state index < -0.39 is 6.10 Å². The van der Waals surface area contributed by atoms with Gasteiger partial charge in [-0.1, -0.05) is 46.3 Å². The Kier molecular flexibility index (Phi) is 5.11. The monoisotopic (exact) mass is 322 g/mol. The van der Waals surface area contributed by atoms with E-state index >= 15 is 0 Å². The van der Waals surface area contributed by atoms with E-state index in [2.05, 4.69) is 15.9 Å². The first-order valence-corrected chi connectivity index (χ1v) is 7.10. The number of aryl methyl sites for hydroxylation is 1. The zero-order chi connectivity index (χ0) is 13.7. The standard InChI is InChI=1S/C16H16BrFO/c17-16-9-7-14(18)10-13(16)11-15(19)8-6-12-4-2-1-3-5-12/h1-5,7,9-10,15,19H,6,8,11H2. The molecule has 2 aromatic rings. The molecule has 0 spiro atoms. The molecule has 0 radical (unpaired) electrons. The summed E-state index contributed by atoms with van der Waals surface area (Å²) in [5.74, 6) is -0.270. The summed E-state index contributed by atoms with van der Waals surface area (Å²) in [6, 6.07) is 14.6. The summed E-state index contributed by atoms with van der Waals surface area (Å²) in [5, 5.41) is 10.0. The van der Waals surface area contributed by atoms with Crippen molar-refractivity contribution in [2.24, 2.45) is 0 Å². The molecule has 0 saturated heterocycles. The van der Waals surface area contributed by atoms with Gasteiger partial charge < -0.3 is 5.11 Å². The quantitative estimate of drug-likeness (QED) is 0.877. The Hall–Kier alpha value is -1.19. The van der Waals surface area contributed by atoms with Crippen LogP contribution in [-0.4, -0.2) is 11.2 Å². The second kappa shape index (κ2) is 6.83. The lowest BCUT2D eigenvalue weighted by molar-refractivity contribution is 0.165. The number of hydrogen-bond acceptors (Lipinski definition) is 1. The summed E-state index contributed by atoms with van der Waals surface area (Å²) in [6.07, 6.45) is 1.51. The first kappa shape index (κ1) is 14.2. The highest BCUT2D eigenvalue weighted by atomic mass is 79.9. The minimum absolute atomic E-state index is 0.270. The Morgan fingerprint density at radius 3 is 2.58 bits per heavy atom. The normalized spacial score (nSPS) is 12.4. The van der Waals surface area contributed by atoms with Gasteiger partial charge in [0.2, 0.25) is 0 Å². The van der Waals surface area contributed by atoms with Crippen LogP contribution in [0.15, 0.2) is 53.0 Å². The van der Waals surface area contributed by atoms with Crippen LogP contribution in [0.3, 0.4) is 0 Å². The molecule has 1 nitrogen and oxygen atoms in total. The van der Waals surface area contributed by atoms with Crippen LogP contribution in [0.5, 0.6) is 0 Å². The summed E-state index contributed by atoms with van der Waals surface area (Å²) in [7, 11) is 0. The van der Waals surface area contributed by atoms with Crippen molar-refractivity contribution in [1.29, 1.82) is 0 Å². The third kappa shape index (κ3) is 4.44. The number of rotatable bonds is 5. The van der Waals surface area contributed by atoms with Crippen LogP contribution in [0.1, 0.15) is 17.5 Å². The minimum atomic E-state index is -0.460. The van der Waals surface area contributed by atoms with Gasteiger partial charge in [0, 0.05) is 4.47 Å². The van der Waals surface area contributed by atoms with E-state index in [0.29, 0.717) is 12.8 Å². The number of aliphatic hydroxyl groups excluding tert-OH is 1. The highest BCUT2D eigenvalue weighted by Crippen LogP contribution is 2.20. The molecule has 1 N–H and O–H groups in total. The second-order valence-electron chi connectivity index (χ2n) is 4.62. The SMILES string of the molecule is OC(CCc1ccccc1)Cc1cc(F)ccc1Br. The van der Waals surface area contributed by atoms with Gasteiger partial charge in [-0.3, -0.25) is 0 Å². The molecule has 1 unspecified atom stereocenters. The van der Waals surface area contributed by atoms with Gasteiger partial charge >= 0.3 is 0 Å². The Bertz CT molecular complexity index is 528. The maximum absolute atomic E-state index is 13.1. The highest BCUT2D eigenvalue weighted by Gasteiger charge is 2.09. The van der Waals surface area contributed by atoms with Crippen molar-refractivity contribution in [3.63, 3.8) is 0 Å². The molecule has 0 heterocycles. The number of benzene rings is 2. The van der Waals surface area contributed by atoms with Crippen LogP contribution in [-0.2, 0) is 12.8 Å². The van der Waals surface area contributed by atoms with Gasteiger partial charge in [-0.05, 0) is 48.6 Å². The van der Waals surface area contributed by atoms with Crippen molar-refractivity contribution < 1.29 is 9.50 Å². The van der Waals surface area contributed by atoms with E-state index in [9.17, 15) is 9.50 Å². The maximum atomic E-state index is 13.1. The van der Waals surface area contributed by atoms with Gasteiger partial charge in [-0.2, -0.15) is 0 Å². The topological polar surface area (TPSA) is 20.2 Å². The van der Waals surface area contributed by atoms with Crippen molar-refractivity contribution in [3.8, 4) is 0 Å². The molecular weight excluding hydrogens is 307 g/mol. The van der Waals surface area contributed by atoms with E-state index in [1.165, 1.54) is 17.7 Å². The van der Waals surface area contributed by atoms with Crippen LogP contribution < -0.4 is 0 Å². The van der Waals surface area contributed by atoms with Crippen LogP contribution in [0.2, 0.25) is 0 Å². The first-order valence-electron chi connectivity index (χ1n) is 6.31. The average molecular weight is 323 g/mol. The van der Waals surface area contributed by atoms with Crippen LogP contribution in [0, 0.1) is 5.82 Å². The summed E-state index contributed by atoms with van der Waals surface area (Å²) in [4.78, 5) is 0. The van der Waals surface area contributed by atoms with Gasteiger partial charge in [0.25, 0.3) is 0 Å². The Labute approximate surface area is 121 Å². The Morgan fingerprint density at radius 2 is 1.84 bits per heavy atom. The molecule has 19 heavy (non-hydrogen) atoms. The highest BCUT2D eigenvalue weighted by molar-refractivity contribution is 9.10. The van der Waals surface area contributed by atoms with Gasteiger partial charge in [-0.15, -0.1) is 0 Å². The average Bonchev–Trinajstić information content (AvgIpc) is 2.42. The van der Waals surface area contributed by atoms with Gasteiger partial charge in [0.1, 0.15) is 5.82 Å². The van der Waals surface area contributed by atoms with Gasteiger partial charge in [0.05, 0.1) is 6.10 Å². The Morgan fingerprint density at radius 1 is 1.11 bits per heavy atom. The van der Waals surface area contributed by atoms with E-state index in [1.807, 2.05) is 30.3 Å². The lowest BCUT2D eigenvalue weighted by atomic mass is 10.0. The summed E-state index contributed by atoms with van der Waals surface area (Å²) in [5.41, 5.74) is 2.01. The fraction of sp³-hybridized carbons (Fsp3) is 0.250. The number of halogens is 2. The molecule has 2 rings (SSSR count). The molecule has 0 amide bonds. The summed E-state index contributed by atoms with van der Waals surface area (Å²) < 4.78 is 14.0. The molecule has 0 saturated carbocycles. The third-order valence-corrected chi connectivity index (χ3v) is 3.85.